The minimum absolute atomic E-state index is 0.0937. The fourth-order valence-electron chi connectivity index (χ4n) is 3.10. The first-order valence-corrected chi connectivity index (χ1v) is 7.74. The average Bonchev–Trinajstić information content (AvgIpc) is 2.40. The molecule has 2 atom stereocenters. The van der Waals surface area contributed by atoms with E-state index in [0.29, 0.717) is 18.5 Å². The van der Waals surface area contributed by atoms with Crippen LogP contribution in [-0.4, -0.2) is 24.0 Å². The highest BCUT2D eigenvalue weighted by molar-refractivity contribution is 9.10. The molecule has 1 fully saturated rings. The van der Waals surface area contributed by atoms with Gasteiger partial charge in [0.1, 0.15) is 5.82 Å². The summed E-state index contributed by atoms with van der Waals surface area (Å²) in [7, 11) is 0. The molecule has 1 aromatic carbocycles. The maximum Gasteiger partial charge on any atom is 0.128 e. The zero-order chi connectivity index (χ0) is 14.0. The third-order valence-corrected chi connectivity index (χ3v) is 4.53. The van der Waals surface area contributed by atoms with Crippen LogP contribution in [-0.2, 0) is 0 Å². The van der Waals surface area contributed by atoms with Crippen LogP contribution in [0.5, 0.6) is 0 Å². The van der Waals surface area contributed by atoms with Gasteiger partial charge in [0.15, 0.2) is 0 Å². The average molecular weight is 329 g/mol. The summed E-state index contributed by atoms with van der Waals surface area (Å²) in [4.78, 5) is 2.38. The van der Waals surface area contributed by atoms with Crippen LogP contribution in [0.1, 0.15) is 38.3 Å². The molecule has 0 aliphatic carbocycles. The highest BCUT2D eigenvalue weighted by atomic mass is 79.9. The number of likely N-dealkylation sites (tertiary alicyclic amines) is 1. The lowest BCUT2D eigenvalue weighted by Crippen LogP contribution is -2.45. The minimum atomic E-state index is -0.126. The largest absolute Gasteiger partial charge is 0.330 e. The Morgan fingerprint density at radius 2 is 2.21 bits per heavy atom. The first-order valence-electron chi connectivity index (χ1n) is 6.95. The van der Waals surface area contributed by atoms with Gasteiger partial charge in [0, 0.05) is 22.1 Å². The molecule has 1 aliphatic rings. The van der Waals surface area contributed by atoms with E-state index >= 15 is 0 Å². The smallest absolute Gasteiger partial charge is 0.128 e. The van der Waals surface area contributed by atoms with Crippen LogP contribution in [0.15, 0.2) is 22.7 Å². The Balaban J connectivity index is 2.42. The topological polar surface area (TPSA) is 29.3 Å². The van der Waals surface area contributed by atoms with E-state index in [9.17, 15) is 4.39 Å². The van der Waals surface area contributed by atoms with E-state index < -0.39 is 0 Å². The quantitative estimate of drug-likeness (QED) is 0.916. The maximum atomic E-state index is 14.2. The fraction of sp³-hybridized carbons (Fsp3) is 0.600. The van der Waals surface area contributed by atoms with Crippen molar-refractivity contribution in [1.29, 1.82) is 0 Å². The highest BCUT2D eigenvalue weighted by Crippen LogP contribution is 2.38. The molecule has 2 nitrogen and oxygen atoms in total. The summed E-state index contributed by atoms with van der Waals surface area (Å²) in [6.45, 7) is 5.97. The van der Waals surface area contributed by atoms with Crippen molar-refractivity contribution in [2.75, 3.05) is 13.1 Å². The van der Waals surface area contributed by atoms with Gasteiger partial charge in [-0.05, 0) is 63.9 Å². The Morgan fingerprint density at radius 3 is 2.84 bits per heavy atom. The number of halogens is 2. The second-order valence-electron chi connectivity index (χ2n) is 5.58. The van der Waals surface area contributed by atoms with Crippen LogP contribution in [0.3, 0.4) is 0 Å². The summed E-state index contributed by atoms with van der Waals surface area (Å²) in [6.07, 6.45) is 2.22. The van der Waals surface area contributed by atoms with Crippen molar-refractivity contribution in [3.63, 3.8) is 0 Å². The number of hydrogen-bond acceptors (Lipinski definition) is 2. The van der Waals surface area contributed by atoms with Gasteiger partial charge in [0.2, 0.25) is 0 Å². The summed E-state index contributed by atoms with van der Waals surface area (Å²) in [6, 6.07) is 5.69. The third-order valence-electron chi connectivity index (χ3n) is 4.04. The molecule has 106 valence electrons. The van der Waals surface area contributed by atoms with Crippen LogP contribution in [0.2, 0.25) is 0 Å². The minimum Gasteiger partial charge on any atom is -0.330 e. The van der Waals surface area contributed by atoms with Gasteiger partial charge in [-0.3, -0.25) is 4.90 Å². The predicted molar refractivity (Wildman–Crippen MR) is 80.5 cm³/mol. The first kappa shape index (κ1) is 14.9. The lowest BCUT2D eigenvalue weighted by molar-refractivity contribution is 0.0642. The Morgan fingerprint density at radius 1 is 1.47 bits per heavy atom. The van der Waals surface area contributed by atoms with Gasteiger partial charge in [-0.15, -0.1) is 0 Å². The molecule has 0 spiro atoms. The zero-order valence-electron chi connectivity index (χ0n) is 11.6. The van der Waals surface area contributed by atoms with Crippen molar-refractivity contribution < 1.29 is 4.39 Å². The molecule has 0 saturated carbocycles. The Hall–Kier alpha value is -0.450. The van der Waals surface area contributed by atoms with E-state index in [0.717, 1.165) is 29.4 Å². The predicted octanol–water partition coefficient (Wildman–Crippen LogP) is 3.71. The molecule has 0 bridgehead atoms. The summed E-state index contributed by atoms with van der Waals surface area (Å²) in [5.41, 5.74) is 6.70. The molecule has 1 aromatic rings. The van der Waals surface area contributed by atoms with E-state index in [1.807, 2.05) is 6.07 Å². The number of hydrogen-bond donors (Lipinski definition) is 1. The maximum absolute atomic E-state index is 14.2. The van der Waals surface area contributed by atoms with Crippen molar-refractivity contribution in [3.05, 3.63) is 34.1 Å². The Kier molecular flexibility index (Phi) is 4.98. The summed E-state index contributed by atoms with van der Waals surface area (Å²) in [5, 5.41) is 0. The SMILES string of the molecule is CC(C)N1CCCC(CN)C1c1cc(Br)ccc1F. The number of nitrogens with two attached hydrogens (primary N) is 1. The highest BCUT2D eigenvalue weighted by Gasteiger charge is 2.34. The lowest BCUT2D eigenvalue weighted by atomic mass is 9.83. The van der Waals surface area contributed by atoms with Crippen molar-refractivity contribution in [2.24, 2.45) is 11.7 Å². The van der Waals surface area contributed by atoms with E-state index in [-0.39, 0.29) is 11.9 Å². The molecule has 2 N–H and O–H groups in total. The number of piperidine rings is 1. The fourth-order valence-corrected chi connectivity index (χ4v) is 3.48. The normalized spacial score (nSPS) is 24.9. The van der Waals surface area contributed by atoms with Gasteiger partial charge in [-0.25, -0.2) is 4.39 Å². The van der Waals surface area contributed by atoms with Crippen LogP contribution in [0.4, 0.5) is 4.39 Å². The monoisotopic (exact) mass is 328 g/mol. The standard InChI is InChI=1S/C15H22BrFN2/c1-10(2)19-7-3-4-11(9-18)15(19)13-8-12(16)5-6-14(13)17/h5-6,8,10-11,15H,3-4,7,9,18H2,1-2H3. The Labute approximate surface area is 123 Å². The molecular formula is C15H22BrFN2. The van der Waals surface area contributed by atoms with Crippen molar-refractivity contribution in [3.8, 4) is 0 Å². The summed E-state index contributed by atoms with van der Waals surface area (Å²) < 4.78 is 15.1. The zero-order valence-corrected chi connectivity index (χ0v) is 13.2. The van der Waals surface area contributed by atoms with Gasteiger partial charge in [0.25, 0.3) is 0 Å². The molecule has 1 aliphatic heterocycles. The molecule has 0 aromatic heterocycles. The van der Waals surface area contributed by atoms with E-state index in [4.69, 9.17) is 5.73 Å². The molecule has 0 amide bonds. The second-order valence-corrected chi connectivity index (χ2v) is 6.50. The van der Waals surface area contributed by atoms with Crippen molar-refractivity contribution >= 4 is 15.9 Å². The van der Waals surface area contributed by atoms with Crippen LogP contribution in [0.25, 0.3) is 0 Å². The molecule has 0 radical (unpaired) electrons. The summed E-state index contributed by atoms with van der Waals surface area (Å²) in [5.74, 6) is 0.208. The van der Waals surface area contributed by atoms with Gasteiger partial charge in [-0.2, -0.15) is 0 Å². The van der Waals surface area contributed by atoms with Gasteiger partial charge < -0.3 is 5.73 Å². The molecule has 2 unspecified atom stereocenters. The number of rotatable bonds is 3. The first-order chi connectivity index (χ1) is 9.04. The van der Waals surface area contributed by atoms with Crippen LogP contribution >= 0.6 is 15.9 Å². The number of benzene rings is 1. The second kappa shape index (κ2) is 6.33. The Bertz CT molecular complexity index is 436. The van der Waals surface area contributed by atoms with Crippen LogP contribution < -0.4 is 5.73 Å². The van der Waals surface area contributed by atoms with Gasteiger partial charge >= 0.3 is 0 Å². The van der Waals surface area contributed by atoms with E-state index in [1.165, 1.54) is 0 Å². The van der Waals surface area contributed by atoms with Crippen molar-refractivity contribution in [2.45, 2.75) is 38.8 Å². The molecule has 19 heavy (non-hydrogen) atoms. The number of nitrogens with zero attached hydrogens (tertiary/aromatic N) is 1. The van der Waals surface area contributed by atoms with Crippen LogP contribution in [0, 0.1) is 11.7 Å². The van der Waals surface area contributed by atoms with Crippen molar-refractivity contribution in [1.82, 2.24) is 4.90 Å². The molecule has 1 heterocycles. The summed E-state index contributed by atoms with van der Waals surface area (Å²) >= 11 is 3.45. The van der Waals surface area contributed by atoms with Gasteiger partial charge in [0.05, 0.1) is 0 Å². The lowest BCUT2D eigenvalue weighted by Gasteiger charge is -2.43. The molecular weight excluding hydrogens is 307 g/mol. The molecule has 4 heteroatoms. The third kappa shape index (κ3) is 3.18. The van der Waals surface area contributed by atoms with E-state index in [2.05, 4.69) is 34.7 Å². The van der Waals surface area contributed by atoms with Gasteiger partial charge in [-0.1, -0.05) is 15.9 Å². The molecule has 2 rings (SSSR count). The van der Waals surface area contributed by atoms with E-state index in [1.54, 1.807) is 12.1 Å². The molecule has 1 saturated heterocycles.